The second kappa shape index (κ2) is 9.13. The number of alkyl halides is 20. The maximum Gasteiger partial charge on any atom is 0.431 e. The number of carbonyl (C=O) groups excluding carboxylic acids is 2. The fraction of sp³-hybridized carbons (Fsp3) is 0.833. The molecule has 0 saturated carbocycles. The van der Waals surface area contributed by atoms with Crippen molar-refractivity contribution in [2.24, 2.45) is 0 Å². The summed E-state index contributed by atoms with van der Waals surface area (Å²) in [6, 6.07) is 0. The molecule has 0 fully saturated rings. The van der Waals surface area contributed by atoms with Crippen LogP contribution in [0.2, 0.25) is 0 Å². The van der Waals surface area contributed by atoms with E-state index in [9.17, 15) is 97.4 Å². The molecule has 0 aromatic heterocycles. The topological polar surface area (TPSA) is 52.6 Å². The van der Waals surface area contributed by atoms with E-state index in [0.717, 1.165) is 0 Å². The molecule has 0 amide bonds. The van der Waals surface area contributed by atoms with Gasteiger partial charge in [-0.05, 0) is 0 Å². The Hall–Kier alpha value is -2.46. The van der Waals surface area contributed by atoms with Crippen molar-refractivity contribution in [3.05, 3.63) is 0 Å². The van der Waals surface area contributed by atoms with Crippen LogP contribution < -0.4 is 0 Å². The molecule has 0 aromatic carbocycles. The van der Waals surface area contributed by atoms with E-state index in [0.29, 0.717) is 0 Å². The van der Waals surface area contributed by atoms with Crippen LogP contribution >= 0.6 is 0 Å². The Morgan fingerprint density at radius 1 is 0.444 bits per heavy atom. The van der Waals surface area contributed by atoms with Crippen LogP contribution in [0.5, 0.6) is 0 Å². The van der Waals surface area contributed by atoms with Gasteiger partial charge in [-0.15, -0.1) is 0 Å². The molecule has 0 N–H and O–H groups in total. The van der Waals surface area contributed by atoms with Gasteiger partial charge in [0, 0.05) is 0 Å². The van der Waals surface area contributed by atoms with Gasteiger partial charge in [-0.3, -0.25) is 0 Å². The molecule has 0 aliphatic carbocycles. The molecule has 2 atom stereocenters. The van der Waals surface area contributed by atoms with Gasteiger partial charge in [0.1, 0.15) is 0 Å². The first-order valence-corrected chi connectivity index (χ1v) is 7.48. The molecule has 214 valence electrons. The lowest BCUT2D eigenvalue weighted by atomic mass is 10.00. The number of hydrogen-bond donors (Lipinski definition) is 0. The second-order valence-electron chi connectivity index (χ2n) is 6.09. The largest absolute Gasteiger partial charge is 0.431 e. The first-order valence-electron chi connectivity index (χ1n) is 7.48. The lowest BCUT2D eigenvalue weighted by molar-refractivity contribution is -0.370. The molecule has 24 heteroatoms. The summed E-state index contributed by atoms with van der Waals surface area (Å²) in [5.41, 5.74) is 0. The van der Waals surface area contributed by atoms with Gasteiger partial charge in [0.25, 0.3) is 12.3 Å². The summed E-state index contributed by atoms with van der Waals surface area (Å²) in [6.07, 6.45) is -26.4. The van der Waals surface area contributed by atoms with E-state index in [1.807, 2.05) is 9.78 Å². The molecule has 2 unspecified atom stereocenters. The number of rotatable bonds is 8. The highest BCUT2D eigenvalue weighted by Gasteiger charge is 2.83. The summed E-state index contributed by atoms with van der Waals surface area (Å²) < 4.78 is 253. The molecule has 36 heavy (non-hydrogen) atoms. The third kappa shape index (κ3) is 5.29. The highest BCUT2D eigenvalue weighted by atomic mass is 19.4. The van der Waals surface area contributed by atoms with Crippen molar-refractivity contribution >= 4 is 11.9 Å². The summed E-state index contributed by atoms with van der Waals surface area (Å²) in [4.78, 5) is 25.4. The van der Waals surface area contributed by atoms with Crippen LogP contribution in [-0.2, 0) is 19.4 Å². The lowest BCUT2D eigenvalue weighted by Crippen LogP contribution is -2.65. The van der Waals surface area contributed by atoms with Gasteiger partial charge in [0.2, 0.25) is 0 Å². The van der Waals surface area contributed by atoms with Crippen LogP contribution in [0.4, 0.5) is 87.8 Å². The van der Waals surface area contributed by atoms with Gasteiger partial charge in [-0.1, -0.05) is 0 Å². The second-order valence-corrected chi connectivity index (χ2v) is 6.09. The third-order valence-corrected chi connectivity index (χ3v) is 3.54. The van der Waals surface area contributed by atoms with E-state index in [2.05, 4.69) is 0 Å². The highest BCUT2D eigenvalue weighted by Crippen LogP contribution is 2.53. The Balaban J connectivity index is 5.95. The smallest absolute Gasteiger partial charge is 0.240 e. The average Bonchev–Trinajstić information content (AvgIpc) is 2.67. The monoisotopic (exact) mass is 590 g/mol. The van der Waals surface area contributed by atoms with E-state index in [1.165, 1.54) is 0 Å². The summed E-state index contributed by atoms with van der Waals surface area (Å²) in [6.45, 7) is 0. The number of carbonyl (C=O) groups is 2. The van der Waals surface area contributed by atoms with Crippen molar-refractivity contribution in [2.45, 2.75) is 60.2 Å². The van der Waals surface area contributed by atoms with Crippen molar-refractivity contribution < 1.29 is 107 Å². The van der Waals surface area contributed by atoms with Gasteiger partial charge in [0.05, 0.1) is 0 Å². The highest BCUT2D eigenvalue weighted by molar-refractivity contribution is 5.82. The van der Waals surface area contributed by atoms with Crippen LogP contribution in [0.15, 0.2) is 0 Å². The van der Waals surface area contributed by atoms with Crippen molar-refractivity contribution in [1.82, 2.24) is 0 Å². The Morgan fingerprint density at radius 2 is 0.639 bits per heavy atom. The molecule has 0 radical (unpaired) electrons. The van der Waals surface area contributed by atoms with Gasteiger partial charge in [-0.25, -0.2) is 28.1 Å². The molecule has 0 aliphatic rings. The lowest BCUT2D eigenvalue weighted by Gasteiger charge is -2.33. The molecule has 0 saturated heterocycles. The minimum absolute atomic E-state index is 2.01. The van der Waals surface area contributed by atoms with Crippen LogP contribution in [0.1, 0.15) is 0 Å². The minimum Gasteiger partial charge on any atom is -0.240 e. The zero-order chi connectivity index (χ0) is 29.7. The summed E-state index contributed by atoms with van der Waals surface area (Å²) in [7, 11) is 0. The van der Waals surface area contributed by atoms with E-state index in [4.69, 9.17) is 0 Å². The van der Waals surface area contributed by atoms with Crippen molar-refractivity contribution in [2.75, 3.05) is 0 Å². The Morgan fingerprint density at radius 3 is 0.806 bits per heavy atom. The van der Waals surface area contributed by atoms with E-state index in [-0.39, 0.29) is 0 Å². The van der Waals surface area contributed by atoms with Gasteiger partial charge < -0.3 is 0 Å². The third-order valence-electron chi connectivity index (χ3n) is 3.54. The summed E-state index contributed by atoms with van der Waals surface area (Å²) >= 11 is 0. The molecule has 0 bridgehead atoms. The van der Waals surface area contributed by atoms with Gasteiger partial charge >= 0.3 is 59.8 Å². The van der Waals surface area contributed by atoms with E-state index < -0.39 is 72.2 Å². The van der Waals surface area contributed by atoms with E-state index in [1.54, 1.807) is 0 Å². The predicted octanol–water partition coefficient (Wildman–Crippen LogP) is 5.60. The van der Waals surface area contributed by atoms with Gasteiger partial charge in [0.15, 0.2) is 0 Å². The molecule has 0 aliphatic heterocycles. The number of hydrogen-bond acceptors (Lipinski definition) is 4. The van der Waals surface area contributed by atoms with Gasteiger partial charge in [-0.2, -0.15) is 79.0 Å². The summed E-state index contributed by atoms with van der Waals surface area (Å²) in [5.74, 6) is -55.2. The van der Waals surface area contributed by atoms with Crippen molar-refractivity contribution in [1.29, 1.82) is 0 Å². The molecule has 0 rings (SSSR count). The molecular formula is C12H2F20O4. The van der Waals surface area contributed by atoms with Crippen LogP contribution in [0.3, 0.4) is 0 Å². The predicted molar refractivity (Wildman–Crippen MR) is 63.8 cm³/mol. The van der Waals surface area contributed by atoms with Crippen LogP contribution in [-0.4, -0.2) is 72.2 Å². The normalized spacial score (nSPS) is 16.9. The average molecular weight is 590 g/mol. The summed E-state index contributed by atoms with van der Waals surface area (Å²) in [5, 5.41) is 0. The molecule has 0 spiro atoms. The fourth-order valence-corrected chi connectivity index (χ4v) is 1.58. The zero-order valence-electron chi connectivity index (χ0n) is 15.3. The maximum atomic E-state index is 13.2. The molecule has 0 heterocycles. The zero-order valence-corrected chi connectivity index (χ0v) is 15.3. The van der Waals surface area contributed by atoms with Crippen LogP contribution in [0, 0.1) is 0 Å². The number of halogens is 20. The maximum absolute atomic E-state index is 13.2. The van der Waals surface area contributed by atoms with Crippen molar-refractivity contribution in [3.8, 4) is 0 Å². The fourth-order valence-electron chi connectivity index (χ4n) is 1.58. The standard InChI is InChI=1S/C12H2F20O4/c13-1(9(23,24)25)5(15,16)11(29,30)7(19,20)3(33)35-36-4(34)8(21,22)12(31,32)6(17,18)2(14)10(26,27)28/h1-2H. The Bertz CT molecular complexity index is 758. The quantitative estimate of drug-likeness (QED) is 0.210. The first-order chi connectivity index (χ1) is 15.4. The first kappa shape index (κ1) is 33.5. The molecule has 0 aromatic rings. The Kier molecular flexibility index (Phi) is 8.51. The molecular weight excluding hydrogens is 588 g/mol. The minimum atomic E-state index is -7.84. The van der Waals surface area contributed by atoms with E-state index >= 15 is 0 Å². The van der Waals surface area contributed by atoms with Crippen LogP contribution in [0.25, 0.3) is 0 Å². The molecule has 4 nitrogen and oxygen atoms in total. The Labute approximate surface area is 181 Å². The van der Waals surface area contributed by atoms with Crippen molar-refractivity contribution in [3.63, 3.8) is 0 Å². The SMILES string of the molecule is O=C(OOC(=O)C(F)(F)C(F)(F)C(F)(F)C(F)C(F)(F)F)C(F)(F)C(F)(F)C(F)(F)C(F)C(F)(F)F.